The number of aromatic nitrogens is 2. The highest BCUT2D eigenvalue weighted by Crippen LogP contribution is 2.39. The summed E-state index contributed by atoms with van der Waals surface area (Å²) in [7, 11) is 1.16. The Morgan fingerprint density at radius 2 is 1.95 bits per heavy atom. The molecule has 1 aromatic heterocycles. The predicted molar refractivity (Wildman–Crippen MR) is 140 cm³/mol. The highest BCUT2D eigenvalue weighted by molar-refractivity contribution is 8.00. The molecule has 1 atom stereocenters. The minimum Gasteiger partial charge on any atom is -0.491 e. The number of anilines is 2. The smallest absolute Gasteiger partial charge is 0.414 e. The predicted octanol–water partition coefficient (Wildman–Crippen LogP) is 3.63. The lowest BCUT2D eigenvalue weighted by Gasteiger charge is -2.20. The van der Waals surface area contributed by atoms with Crippen molar-refractivity contribution in [1.29, 1.82) is 0 Å². The van der Waals surface area contributed by atoms with E-state index in [4.69, 9.17) is 9.47 Å². The van der Waals surface area contributed by atoms with E-state index in [1.54, 1.807) is 12.1 Å². The number of carbonyl (C=O) groups excluding carboxylic acids is 2. The van der Waals surface area contributed by atoms with Crippen LogP contribution in [-0.4, -0.2) is 46.6 Å². The lowest BCUT2D eigenvalue weighted by atomic mass is 10.1. The number of cyclic esters (lactones) is 1. The second-order valence-corrected chi connectivity index (χ2v) is 10.7. The number of rotatable bonds is 7. The first-order chi connectivity index (χ1) is 18.8. The number of hydrogen-bond donors (Lipinski definition) is 1. The average Bonchev–Trinajstić information content (AvgIpc) is 3.68. The largest absolute Gasteiger partial charge is 0.491 e. The number of nitrogens with zero attached hydrogens (tertiary/aromatic N) is 3. The molecule has 3 aliphatic rings. The van der Waals surface area contributed by atoms with Crippen LogP contribution in [0.15, 0.2) is 38.8 Å². The maximum Gasteiger partial charge on any atom is 0.414 e. The Kier molecular flexibility index (Phi) is 6.32. The van der Waals surface area contributed by atoms with E-state index >= 15 is 0 Å². The summed E-state index contributed by atoms with van der Waals surface area (Å²) in [6, 6.07) is 5.94. The summed E-state index contributed by atoms with van der Waals surface area (Å²) >= 11 is 1.42. The van der Waals surface area contributed by atoms with E-state index in [0.717, 1.165) is 22.6 Å². The quantitative estimate of drug-likeness (QED) is 0.471. The lowest BCUT2D eigenvalue weighted by Crippen LogP contribution is -2.40. The van der Waals surface area contributed by atoms with Gasteiger partial charge in [0.05, 0.1) is 30.5 Å². The van der Waals surface area contributed by atoms with E-state index < -0.39 is 40.8 Å². The van der Waals surface area contributed by atoms with Crippen molar-refractivity contribution in [2.24, 2.45) is 0 Å². The highest BCUT2D eigenvalue weighted by atomic mass is 32.2. The maximum absolute atomic E-state index is 14.4. The van der Waals surface area contributed by atoms with Crippen molar-refractivity contribution in [3.63, 3.8) is 0 Å². The minimum atomic E-state index is -1.25. The van der Waals surface area contributed by atoms with Crippen LogP contribution in [0.25, 0.3) is 10.9 Å². The first kappa shape index (κ1) is 25.4. The van der Waals surface area contributed by atoms with Crippen LogP contribution in [0.3, 0.4) is 0 Å². The van der Waals surface area contributed by atoms with Crippen LogP contribution in [0.1, 0.15) is 31.7 Å². The molecule has 1 saturated heterocycles. The van der Waals surface area contributed by atoms with E-state index in [-0.39, 0.29) is 35.9 Å². The van der Waals surface area contributed by atoms with Crippen LogP contribution in [0.5, 0.6) is 5.75 Å². The van der Waals surface area contributed by atoms with Crippen LogP contribution in [0, 0.1) is 11.6 Å². The van der Waals surface area contributed by atoms with Gasteiger partial charge in [0.2, 0.25) is 11.7 Å². The van der Waals surface area contributed by atoms with Crippen molar-refractivity contribution in [1.82, 2.24) is 9.13 Å². The maximum atomic E-state index is 14.4. The molecule has 2 aromatic carbocycles. The van der Waals surface area contributed by atoms with Crippen LogP contribution < -0.4 is 26.2 Å². The molecule has 2 fully saturated rings. The van der Waals surface area contributed by atoms with Crippen molar-refractivity contribution < 1.29 is 27.8 Å². The van der Waals surface area contributed by atoms with Gasteiger partial charge in [0.15, 0.2) is 11.6 Å². The Balaban J connectivity index is 1.21. The van der Waals surface area contributed by atoms with Gasteiger partial charge in [-0.2, -0.15) is 4.39 Å². The van der Waals surface area contributed by atoms with Crippen molar-refractivity contribution in [2.45, 2.75) is 49.3 Å². The average molecular weight is 559 g/mol. The number of hydrogen-bond acceptors (Lipinski definition) is 7. The lowest BCUT2D eigenvalue weighted by molar-refractivity contribution is -0.113. The number of nitrogens with one attached hydrogen (secondary N) is 1. The Labute approximate surface area is 224 Å². The number of fused-ring (bicyclic) bond motifs is 2. The normalized spacial score (nSPS) is 18.7. The molecule has 0 bridgehead atoms. The van der Waals surface area contributed by atoms with Gasteiger partial charge in [-0.1, -0.05) is 0 Å². The van der Waals surface area contributed by atoms with E-state index in [9.17, 15) is 28.0 Å². The Morgan fingerprint density at radius 3 is 2.69 bits per heavy atom. The second-order valence-electron chi connectivity index (χ2n) is 9.72. The summed E-state index contributed by atoms with van der Waals surface area (Å²) in [5, 5.41) is 2.67. The van der Waals surface area contributed by atoms with Gasteiger partial charge in [0.1, 0.15) is 11.6 Å². The molecule has 1 saturated carbocycles. The molecule has 1 unspecified atom stereocenters. The van der Waals surface area contributed by atoms with Crippen molar-refractivity contribution >= 4 is 46.0 Å². The molecular formula is C26H24F2N4O6S. The summed E-state index contributed by atoms with van der Waals surface area (Å²) in [5.74, 6) is -2.71. The summed E-state index contributed by atoms with van der Waals surface area (Å²) in [4.78, 5) is 53.2. The Hall–Kier alpha value is -3.87. The highest BCUT2D eigenvalue weighted by Gasteiger charge is 2.34. The molecule has 1 aliphatic carbocycles. The third kappa shape index (κ3) is 4.44. The van der Waals surface area contributed by atoms with E-state index in [0.29, 0.717) is 42.8 Å². The van der Waals surface area contributed by atoms with Crippen molar-refractivity contribution in [2.75, 3.05) is 29.6 Å². The van der Waals surface area contributed by atoms with Gasteiger partial charge < -0.3 is 14.8 Å². The molecule has 0 spiro atoms. The zero-order chi connectivity index (χ0) is 27.4. The fourth-order valence-electron chi connectivity index (χ4n) is 5.11. The first-order valence-corrected chi connectivity index (χ1v) is 13.5. The standard InChI is InChI=1S/C26H24F2N4O6S/c1-37-23-21(28)17(27)10-16-22(23)32(13-4-5-13)25(35)30(24(16)34)8-2-3-15-11-31(26(36)38-15)14-6-7-19-18(9-14)29-20(33)12-39-19/h6-7,9-10,13,15H,2-5,8,11-12H2,1H3,(H,29,33). The first-order valence-electron chi connectivity index (χ1n) is 12.5. The van der Waals surface area contributed by atoms with Crippen LogP contribution in [-0.2, 0) is 16.1 Å². The van der Waals surface area contributed by atoms with Crippen LogP contribution in [0.4, 0.5) is 25.0 Å². The molecule has 3 heterocycles. The molecule has 1 N–H and O–H groups in total. The third-order valence-corrected chi connectivity index (χ3v) is 8.18. The summed E-state index contributed by atoms with van der Waals surface area (Å²) < 4.78 is 41.6. The fraction of sp³-hybridized carbons (Fsp3) is 0.385. The summed E-state index contributed by atoms with van der Waals surface area (Å²) in [5.41, 5.74) is -0.155. The van der Waals surface area contributed by atoms with Gasteiger partial charge in [0.25, 0.3) is 5.56 Å². The van der Waals surface area contributed by atoms with Crippen molar-refractivity contribution in [3.05, 3.63) is 56.7 Å². The SMILES string of the molecule is COc1c(F)c(F)cc2c(=O)n(CCCC3CN(c4ccc5c(c4)NC(=O)CS5)C(=O)O3)c(=O)n(C3CC3)c12. The topological polar surface area (TPSA) is 112 Å². The fourth-order valence-corrected chi connectivity index (χ4v) is 5.90. The number of carbonyl (C=O) groups is 2. The van der Waals surface area contributed by atoms with Gasteiger partial charge >= 0.3 is 11.8 Å². The molecule has 13 heteroatoms. The summed E-state index contributed by atoms with van der Waals surface area (Å²) in [6.07, 6.45) is 1.04. The van der Waals surface area contributed by atoms with Gasteiger partial charge in [-0.25, -0.2) is 14.0 Å². The molecule has 6 rings (SSSR count). The number of benzene rings is 2. The van der Waals surface area contributed by atoms with E-state index in [1.807, 2.05) is 6.07 Å². The van der Waals surface area contributed by atoms with Gasteiger partial charge in [-0.3, -0.25) is 23.6 Å². The zero-order valence-electron chi connectivity index (χ0n) is 20.9. The Bertz CT molecular complexity index is 1650. The number of amides is 2. The molecule has 10 nitrogen and oxygen atoms in total. The third-order valence-electron chi connectivity index (χ3n) is 7.11. The number of ether oxygens (including phenoxy) is 2. The minimum absolute atomic E-state index is 0.0117. The molecular weight excluding hydrogens is 534 g/mol. The molecule has 0 radical (unpaired) electrons. The Morgan fingerprint density at radius 1 is 1.15 bits per heavy atom. The molecule has 2 aliphatic heterocycles. The van der Waals surface area contributed by atoms with E-state index in [2.05, 4.69) is 5.32 Å². The summed E-state index contributed by atoms with van der Waals surface area (Å²) in [6.45, 7) is 0.275. The van der Waals surface area contributed by atoms with Gasteiger partial charge in [-0.05, 0) is 49.9 Å². The molecule has 3 aromatic rings. The van der Waals surface area contributed by atoms with Gasteiger partial charge in [0, 0.05) is 23.2 Å². The monoisotopic (exact) mass is 558 g/mol. The second kappa shape index (κ2) is 9.70. The van der Waals surface area contributed by atoms with Crippen LogP contribution in [0.2, 0.25) is 0 Å². The number of halogens is 2. The van der Waals surface area contributed by atoms with E-state index in [1.165, 1.54) is 21.2 Å². The number of thioether (sulfide) groups is 1. The van der Waals surface area contributed by atoms with Crippen molar-refractivity contribution in [3.8, 4) is 5.75 Å². The molecule has 204 valence electrons. The number of methoxy groups -OCH3 is 1. The molecule has 39 heavy (non-hydrogen) atoms. The zero-order valence-corrected chi connectivity index (χ0v) is 21.7. The molecule has 2 amide bonds. The van der Waals surface area contributed by atoms with Gasteiger partial charge in [-0.15, -0.1) is 11.8 Å². The van der Waals surface area contributed by atoms with Crippen LogP contribution >= 0.6 is 11.8 Å².